The van der Waals surface area contributed by atoms with E-state index in [-0.39, 0.29) is 11.5 Å². The van der Waals surface area contributed by atoms with Crippen LogP contribution in [0.25, 0.3) is 0 Å². The molecule has 0 N–H and O–H groups in total. The van der Waals surface area contributed by atoms with Crippen molar-refractivity contribution in [1.29, 1.82) is 0 Å². The van der Waals surface area contributed by atoms with Crippen LogP contribution in [0.5, 0.6) is 0 Å². The Kier molecular flexibility index (Phi) is 2.12. The van der Waals surface area contributed by atoms with Gasteiger partial charge >= 0.3 is 0 Å². The van der Waals surface area contributed by atoms with Gasteiger partial charge in [0.1, 0.15) is 0 Å². The Morgan fingerprint density at radius 2 is 2.12 bits per heavy atom. The summed E-state index contributed by atoms with van der Waals surface area (Å²) in [6, 6.07) is 0. The van der Waals surface area contributed by atoms with Gasteiger partial charge in [-0.3, -0.25) is 4.18 Å². The van der Waals surface area contributed by atoms with Crippen molar-refractivity contribution in [2.75, 3.05) is 6.26 Å². The van der Waals surface area contributed by atoms with E-state index in [1.807, 2.05) is 13.2 Å². The number of fused-ring (bicyclic) bond motifs is 1. The van der Waals surface area contributed by atoms with Gasteiger partial charge in [-0.05, 0) is 38.4 Å². The fraction of sp³-hybridized carbons (Fsp3) is 0.818. The fourth-order valence-electron chi connectivity index (χ4n) is 3.78. The van der Waals surface area contributed by atoms with Crippen LogP contribution in [0, 0.1) is 11.3 Å². The van der Waals surface area contributed by atoms with E-state index < -0.39 is 14.2 Å². The molecule has 2 fully saturated rings. The maximum absolute atomic E-state index is 12.3. The molecule has 0 unspecified atom stereocenters. The first kappa shape index (κ1) is 11.1. The Morgan fingerprint density at radius 3 is 2.75 bits per heavy atom. The molecular formula is C11H16O3S2. The molecule has 3 aliphatic rings. The lowest BCUT2D eigenvalue weighted by atomic mass is 9.81. The van der Waals surface area contributed by atoms with Crippen molar-refractivity contribution in [3.8, 4) is 0 Å². The topological polar surface area (TPSA) is 43.4 Å². The summed E-state index contributed by atoms with van der Waals surface area (Å²) in [5.41, 5.74) is -0.173. The Balaban J connectivity index is 2.20. The molecule has 0 radical (unpaired) electrons. The Morgan fingerprint density at radius 1 is 1.38 bits per heavy atom. The van der Waals surface area contributed by atoms with Crippen LogP contribution in [0.2, 0.25) is 0 Å². The van der Waals surface area contributed by atoms with Crippen LogP contribution in [0.15, 0.2) is 12.2 Å². The summed E-state index contributed by atoms with van der Waals surface area (Å²) in [7, 11) is -3.45. The standard InChI is InChI=1S/C11H16O3S2/c1-8-5-10-4-3-9(6-10)7-11(10,15-2)16(12,13)14-8/h3-4,8-9H,5-7H2,1-2H3/t8-,9+,10+,11-/m1/s1. The van der Waals surface area contributed by atoms with E-state index in [0.29, 0.717) is 5.92 Å². The lowest BCUT2D eigenvalue weighted by Gasteiger charge is -2.47. The maximum atomic E-state index is 12.3. The predicted octanol–water partition coefficient (Wildman–Crippen LogP) is 2.15. The van der Waals surface area contributed by atoms with Crippen LogP contribution >= 0.6 is 11.8 Å². The zero-order valence-corrected chi connectivity index (χ0v) is 11.1. The lowest BCUT2D eigenvalue weighted by molar-refractivity contribution is 0.123. The Bertz CT molecular complexity index is 456. The molecule has 2 bridgehead atoms. The first-order chi connectivity index (χ1) is 7.45. The maximum Gasteiger partial charge on any atom is 0.283 e. The molecule has 90 valence electrons. The molecule has 3 nitrogen and oxygen atoms in total. The fourth-order valence-corrected chi connectivity index (χ4v) is 7.55. The molecule has 3 rings (SSSR count). The van der Waals surface area contributed by atoms with Crippen LogP contribution in [0.1, 0.15) is 26.2 Å². The number of rotatable bonds is 1. The van der Waals surface area contributed by atoms with Crippen molar-refractivity contribution in [3.63, 3.8) is 0 Å². The van der Waals surface area contributed by atoms with Gasteiger partial charge in [0.05, 0.1) is 6.10 Å². The summed E-state index contributed by atoms with van der Waals surface area (Å²) in [5.74, 6) is 0.427. The molecule has 1 aliphatic heterocycles. The van der Waals surface area contributed by atoms with Gasteiger partial charge in [0, 0.05) is 5.41 Å². The third-order valence-electron chi connectivity index (χ3n) is 4.28. The van der Waals surface area contributed by atoms with Crippen LogP contribution in [-0.2, 0) is 14.3 Å². The van der Waals surface area contributed by atoms with E-state index in [1.165, 1.54) is 11.8 Å². The van der Waals surface area contributed by atoms with Gasteiger partial charge in [-0.1, -0.05) is 12.2 Å². The van der Waals surface area contributed by atoms with Crippen LogP contribution < -0.4 is 0 Å². The van der Waals surface area contributed by atoms with Crippen molar-refractivity contribution >= 4 is 21.9 Å². The van der Waals surface area contributed by atoms with Crippen molar-refractivity contribution in [3.05, 3.63) is 12.2 Å². The average Bonchev–Trinajstić information content (AvgIpc) is 2.69. The van der Waals surface area contributed by atoms with E-state index >= 15 is 0 Å². The molecule has 1 saturated heterocycles. The molecule has 0 aromatic rings. The molecule has 1 saturated carbocycles. The highest BCUT2D eigenvalue weighted by molar-refractivity contribution is 8.12. The SMILES string of the molecule is CS[C@@]12C[C@H]3C=C[C@@]1(C3)C[C@@H](C)OS2(=O)=O. The number of allylic oxidation sites excluding steroid dienone is 2. The molecule has 0 aromatic heterocycles. The van der Waals surface area contributed by atoms with Crippen molar-refractivity contribution in [1.82, 2.24) is 0 Å². The Labute approximate surface area is 101 Å². The predicted molar refractivity (Wildman–Crippen MR) is 64.6 cm³/mol. The number of hydrogen-bond acceptors (Lipinski definition) is 4. The summed E-state index contributed by atoms with van der Waals surface area (Å²) in [4.78, 5) is 0. The minimum atomic E-state index is -3.45. The number of hydrogen-bond donors (Lipinski definition) is 0. The quantitative estimate of drug-likeness (QED) is 0.535. The number of thioether (sulfide) groups is 1. The van der Waals surface area contributed by atoms with E-state index in [9.17, 15) is 8.42 Å². The average molecular weight is 260 g/mol. The van der Waals surface area contributed by atoms with Gasteiger partial charge in [-0.2, -0.15) is 8.42 Å². The van der Waals surface area contributed by atoms with Gasteiger partial charge in [-0.25, -0.2) is 0 Å². The van der Waals surface area contributed by atoms with Gasteiger partial charge < -0.3 is 0 Å². The molecular weight excluding hydrogens is 244 g/mol. The third kappa shape index (κ3) is 1.07. The third-order valence-corrected chi connectivity index (χ3v) is 8.59. The smallest absolute Gasteiger partial charge is 0.266 e. The van der Waals surface area contributed by atoms with E-state index in [2.05, 4.69) is 12.2 Å². The second-order valence-electron chi connectivity index (χ2n) is 5.21. The van der Waals surface area contributed by atoms with E-state index in [1.54, 1.807) is 0 Å². The zero-order valence-electron chi connectivity index (χ0n) is 9.47. The van der Waals surface area contributed by atoms with Crippen LogP contribution in [0.4, 0.5) is 0 Å². The molecule has 5 heteroatoms. The first-order valence-electron chi connectivity index (χ1n) is 5.62. The molecule has 4 atom stereocenters. The van der Waals surface area contributed by atoms with E-state index in [4.69, 9.17) is 4.18 Å². The highest BCUT2D eigenvalue weighted by atomic mass is 32.3. The van der Waals surface area contributed by atoms with Gasteiger partial charge in [0.2, 0.25) is 0 Å². The lowest BCUT2D eigenvalue weighted by Crippen LogP contribution is -2.53. The minimum Gasteiger partial charge on any atom is -0.266 e. The molecule has 0 aromatic carbocycles. The largest absolute Gasteiger partial charge is 0.283 e. The highest BCUT2D eigenvalue weighted by Crippen LogP contribution is 2.67. The van der Waals surface area contributed by atoms with Gasteiger partial charge in [-0.15, -0.1) is 11.8 Å². The monoisotopic (exact) mass is 260 g/mol. The summed E-state index contributed by atoms with van der Waals surface area (Å²) in [5, 5.41) is 0. The second-order valence-corrected chi connectivity index (χ2v) is 8.37. The highest BCUT2D eigenvalue weighted by Gasteiger charge is 2.69. The second kappa shape index (κ2) is 3.06. The van der Waals surface area contributed by atoms with E-state index in [0.717, 1.165) is 19.3 Å². The molecule has 2 aliphatic carbocycles. The molecule has 16 heavy (non-hydrogen) atoms. The molecule has 1 spiro atoms. The molecule has 0 amide bonds. The molecule has 1 heterocycles. The van der Waals surface area contributed by atoms with Gasteiger partial charge in [0.15, 0.2) is 4.08 Å². The normalized spacial score (nSPS) is 52.9. The van der Waals surface area contributed by atoms with Crippen LogP contribution in [0.3, 0.4) is 0 Å². The Hall–Kier alpha value is -0.0000000000000000555. The van der Waals surface area contributed by atoms with Crippen molar-refractivity contribution in [2.24, 2.45) is 11.3 Å². The van der Waals surface area contributed by atoms with Gasteiger partial charge in [0.25, 0.3) is 10.1 Å². The summed E-state index contributed by atoms with van der Waals surface area (Å²) < 4.78 is 29.2. The van der Waals surface area contributed by atoms with Crippen LogP contribution in [-0.4, -0.2) is 24.9 Å². The summed E-state index contributed by atoms with van der Waals surface area (Å²) in [6.07, 6.45) is 8.59. The zero-order chi connectivity index (χ0) is 11.6. The summed E-state index contributed by atoms with van der Waals surface area (Å²) in [6.45, 7) is 1.86. The van der Waals surface area contributed by atoms with Crippen molar-refractivity contribution < 1.29 is 12.6 Å². The van der Waals surface area contributed by atoms with Crippen molar-refractivity contribution in [2.45, 2.75) is 36.4 Å². The first-order valence-corrected chi connectivity index (χ1v) is 8.25. The minimum absolute atomic E-state index is 0.173. The summed E-state index contributed by atoms with van der Waals surface area (Å²) >= 11 is 1.46.